The van der Waals surface area contributed by atoms with Gasteiger partial charge in [-0.3, -0.25) is 9.48 Å². The van der Waals surface area contributed by atoms with E-state index in [9.17, 15) is 4.79 Å². The van der Waals surface area contributed by atoms with E-state index in [1.165, 1.54) is 0 Å². The van der Waals surface area contributed by atoms with Gasteiger partial charge in [0.15, 0.2) is 5.82 Å². The number of hydrogen-bond donors (Lipinski definition) is 1. The molecule has 1 aliphatic carbocycles. The van der Waals surface area contributed by atoms with Crippen molar-refractivity contribution < 1.29 is 9.32 Å². The summed E-state index contributed by atoms with van der Waals surface area (Å²) in [5.41, 5.74) is 3.30. The maximum atomic E-state index is 13.2. The molecule has 5 rings (SSSR count). The molecule has 0 atom stereocenters. The first kappa shape index (κ1) is 17.6. The number of hydrogen-bond acceptors (Lipinski definition) is 5. The Morgan fingerprint density at radius 2 is 2.07 bits per heavy atom. The Hall–Kier alpha value is -3.48. The summed E-state index contributed by atoms with van der Waals surface area (Å²) in [6, 6.07) is 13.4. The molecule has 3 aromatic heterocycles. The first-order valence-electron chi connectivity index (χ1n) is 9.93. The number of rotatable bonds is 6. The molecule has 1 amide bonds. The third-order valence-electron chi connectivity index (χ3n) is 5.09. The van der Waals surface area contributed by atoms with E-state index in [2.05, 4.69) is 27.5 Å². The first-order valence-corrected chi connectivity index (χ1v) is 9.93. The molecule has 1 fully saturated rings. The van der Waals surface area contributed by atoms with Crippen LogP contribution in [-0.4, -0.2) is 25.8 Å². The summed E-state index contributed by atoms with van der Waals surface area (Å²) < 4.78 is 7.36. The second kappa shape index (κ2) is 7.16. The smallest absolute Gasteiger partial charge is 0.259 e. The highest BCUT2D eigenvalue weighted by atomic mass is 16.5. The quantitative estimate of drug-likeness (QED) is 0.521. The topological polar surface area (TPSA) is 85.8 Å². The van der Waals surface area contributed by atoms with Crippen molar-refractivity contribution in [3.8, 4) is 11.3 Å². The molecule has 0 unspecified atom stereocenters. The van der Waals surface area contributed by atoms with E-state index in [1.807, 2.05) is 47.3 Å². The van der Waals surface area contributed by atoms with E-state index in [0.717, 1.165) is 37.1 Å². The van der Waals surface area contributed by atoms with Gasteiger partial charge >= 0.3 is 0 Å². The molecule has 7 nitrogen and oxygen atoms in total. The van der Waals surface area contributed by atoms with Crippen LogP contribution in [0.25, 0.3) is 22.4 Å². The van der Waals surface area contributed by atoms with Crippen LogP contribution in [0.4, 0.5) is 5.82 Å². The number of aryl methyl sites for hydroxylation is 1. The number of benzene rings is 1. The van der Waals surface area contributed by atoms with E-state index in [0.29, 0.717) is 34.1 Å². The number of fused-ring (bicyclic) bond motifs is 1. The van der Waals surface area contributed by atoms with Gasteiger partial charge in [-0.25, -0.2) is 4.98 Å². The van der Waals surface area contributed by atoms with Gasteiger partial charge in [-0.05, 0) is 25.3 Å². The van der Waals surface area contributed by atoms with Gasteiger partial charge in [0, 0.05) is 36.0 Å². The molecular formula is C22H21N5O2. The van der Waals surface area contributed by atoms with Gasteiger partial charge < -0.3 is 9.84 Å². The zero-order valence-electron chi connectivity index (χ0n) is 16.1. The number of nitrogens with zero attached hydrogens (tertiary/aromatic N) is 4. The average molecular weight is 387 g/mol. The van der Waals surface area contributed by atoms with Crippen LogP contribution in [0.1, 0.15) is 48.2 Å². The van der Waals surface area contributed by atoms with Gasteiger partial charge in [-0.15, -0.1) is 0 Å². The van der Waals surface area contributed by atoms with Crippen LogP contribution in [-0.2, 0) is 6.54 Å². The molecule has 3 heterocycles. The molecule has 1 aliphatic rings. The third-order valence-corrected chi connectivity index (χ3v) is 5.09. The number of pyridine rings is 1. The van der Waals surface area contributed by atoms with Crippen molar-refractivity contribution in [1.82, 2.24) is 19.9 Å². The van der Waals surface area contributed by atoms with E-state index >= 15 is 0 Å². The molecule has 1 saturated carbocycles. The van der Waals surface area contributed by atoms with E-state index in [-0.39, 0.29) is 5.91 Å². The average Bonchev–Trinajstić information content (AvgIpc) is 3.36. The van der Waals surface area contributed by atoms with Gasteiger partial charge in [0.25, 0.3) is 11.6 Å². The standard InChI is InChI=1S/C22H21N5O2/c1-2-11-27-12-10-18(25-27)24-21(28)16-13-17(14-8-9-14)23-22-19(16)20(26-29-22)15-6-4-3-5-7-15/h3-7,10,12-14H,2,8-9,11H2,1H3,(H,24,25,28). The van der Waals surface area contributed by atoms with Crippen molar-refractivity contribution in [3.63, 3.8) is 0 Å². The summed E-state index contributed by atoms with van der Waals surface area (Å²) >= 11 is 0. The lowest BCUT2D eigenvalue weighted by molar-refractivity contribution is 0.102. The maximum absolute atomic E-state index is 13.2. The normalized spacial score (nSPS) is 13.7. The fraction of sp³-hybridized carbons (Fsp3) is 0.273. The Morgan fingerprint density at radius 1 is 1.24 bits per heavy atom. The van der Waals surface area contributed by atoms with Gasteiger partial charge in [0.05, 0.1) is 10.9 Å². The zero-order valence-corrected chi connectivity index (χ0v) is 16.1. The number of aromatic nitrogens is 4. The van der Waals surface area contributed by atoms with Gasteiger partial charge in [0.1, 0.15) is 5.69 Å². The predicted molar refractivity (Wildman–Crippen MR) is 110 cm³/mol. The highest BCUT2D eigenvalue weighted by Crippen LogP contribution is 2.41. The number of carbonyl (C=O) groups excluding carboxylic acids is 1. The highest BCUT2D eigenvalue weighted by Gasteiger charge is 2.29. The van der Waals surface area contributed by atoms with Gasteiger partial charge in [-0.2, -0.15) is 5.10 Å². The van der Waals surface area contributed by atoms with Crippen molar-refractivity contribution in [2.24, 2.45) is 0 Å². The largest absolute Gasteiger partial charge is 0.335 e. The summed E-state index contributed by atoms with van der Waals surface area (Å²) in [5, 5.41) is 12.2. The molecule has 0 aliphatic heterocycles. The van der Waals surface area contributed by atoms with Crippen LogP contribution in [0, 0.1) is 0 Å². The molecule has 1 aromatic carbocycles. The number of anilines is 1. The summed E-state index contributed by atoms with van der Waals surface area (Å²) in [6.45, 7) is 2.90. The lowest BCUT2D eigenvalue weighted by atomic mass is 10.0. The lowest BCUT2D eigenvalue weighted by Gasteiger charge is -2.07. The van der Waals surface area contributed by atoms with Crippen LogP contribution in [0.2, 0.25) is 0 Å². The fourth-order valence-electron chi connectivity index (χ4n) is 3.50. The van der Waals surface area contributed by atoms with Crippen LogP contribution in [0.3, 0.4) is 0 Å². The number of carbonyl (C=O) groups is 1. The van der Waals surface area contributed by atoms with E-state index < -0.39 is 0 Å². The van der Waals surface area contributed by atoms with Gasteiger partial charge in [-0.1, -0.05) is 42.4 Å². The maximum Gasteiger partial charge on any atom is 0.259 e. The summed E-state index contributed by atoms with van der Waals surface area (Å²) in [4.78, 5) is 17.8. The van der Waals surface area contributed by atoms with Crippen LogP contribution in [0.15, 0.2) is 53.2 Å². The van der Waals surface area contributed by atoms with Crippen molar-refractivity contribution in [2.45, 2.75) is 38.6 Å². The van der Waals surface area contributed by atoms with Crippen LogP contribution in [0.5, 0.6) is 0 Å². The third kappa shape index (κ3) is 3.40. The summed E-state index contributed by atoms with van der Waals surface area (Å²) in [7, 11) is 0. The second-order valence-electron chi connectivity index (χ2n) is 7.36. The molecule has 7 heteroatoms. The Balaban J connectivity index is 1.58. The lowest BCUT2D eigenvalue weighted by Crippen LogP contribution is -2.14. The monoisotopic (exact) mass is 387 g/mol. The van der Waals surface area contributed by atoms with Crippen LogP contribution >= 0.6 is 0 Å². The highest BCUT2D eigenvalue weighted by molar-refractivity contribution is 6.14. The molecule has 0 radical (unpaired) electrons. The molecule has 0 bridgehead atoms. The second-order valence-corrected chi connectivity index (χ2v) is 7.36. The fourth-order valence-corrected chi connectivity index (χ4v) is 3.50. The minimum Gasteiger partial charge on any atom is -0.335 e. The van der Waals surface area contributed by atoms with Crippen molar-refractivity contribution in [2.75, 3.05) is 5.32 Å². The molecule has 0 spiro atoms. The SMILES string of the molecule is CCCn1ccc(NC(=O)c2cc(C3CC3)nc3onc(-c4ccccc4)c23)n1. The summed E-state index contributed by atoms with van der Waals surface area (Å²) in [6.07, 6.45) is 5.01. The van der Waals surface area contributed by atoms with E-state index in [4.69, 9.17) is 4.52 Å². The minimum atomic E-state index is -0.235. The Kier molecular flexibility index (Phi) is 4.35. The molecule has 29 heavy (non-hydrogen) atoms. The first-order chi connectivity index (χ1) is 14.2. The van der Waals surface area contributed by atoms with Crippen LogP contribution < -0.4 is 5.32 Å². The Labute approximate surface area is 167 Å². The minimum absolute atomic E-state index is 0.235. The molecule has 1 N–H and O–H groups in total. The Morgan fingerprint density at radius 3 is 2.83 bits per heavy atom. The predicted octanol–water partition coefficient (Wildman–Crippen LogP) is 4.63. The molecule has 0 saturated heterocycles. The van der Waals surface area contributed by atoms with Crippen molar-refractivity contribution >= 4 is 22.8 Å². The molecular weight excluding hydrogens is 366 g/mol. The van der Waals surface area contributed by atoms with Crippen molar-refractivity contribution in [1.29, 1.82) is 0 Å². The Bertz CT molecular complexity index is 1170. The molecule has 146 valence electrons. The zero-order chi connectivity index (χ0) is 19.8. The molecule has 4 aromatic rings. The van der Waals surface area contributed by atoms with Crippen molar-refractivity contribution in [3.05, 3.63) is 59.9 Å². The van der Waals surface area contributed by atoms with E-state index in [1.54, 1.807) is 6.07 Å². The van der Waals surface area contributed by atoms with Gasteiger partial charge in [0.2, 0.25) is 0 Å². The number of nitrogens with one attached hydrogen (secondary N) is 1. The number of amides is 1. The summed E-state index contributed by atoms with van der Waals surface area (Å²) in [5.74, 6) is 0.681.